The fraction of sp³-hybridized carbons (Fsp3) is 0.435. The van der Waals surface area contributed by atoms with Crippen LogP contribution in [-0.2, 0) is 21.0 Å². The number of amides is 1. The number of carbonyl (C=O) groups excluding carboxylic acids is 1. The van der Waals surface area contributed by atoms with Crippen molar-refractivity contribution in [1.82, 2.24) is 4.90 Å². The Morgan fingerprint density at radius 2 is 1.71 bits per heavy atom. The summed E-state index contributed by atoms with van der Waals surface area (Å²) in [7, 11) is -4.50. The number of anilines is 1. The van der Waals surface area contributed by atoms with Gasteiger partial charge in [0.15, 0.2) is 0 Å². The Balaban J connectivity index is 1.77. The normalized spacial score (nSPS) is 22.3. The van der Waals surface area contributed by atoms with Crippen molar-refractivity contribution in [1.29, 1.82) is 0 Å². The minimum Gasteiger partial charge on any atom is -0.396 e. The van der Waals surface area contributed by atoms with Crippen molar-refractivity contribution in [3.8, 4) is 0 Å². The Hall–Kier alpha value is -2.01. The summed E-state index contributed by atoms with van der Waals surface area (Å²) in [5, 5.41) is 9.75. The molecule has 3 unspecified atom stereocenters. The molecule has 0 aliphatic carbocycles. The molecule has 2 aliphatic heterocycles. The highest BCUT2D eigenvalue weighted by Crippen LogP contribution is 2.41. The average molecular weight is 551 g/mol. The first kappa shape index (κ1) is 26.1. The number of carbonyl (C=O) groups is 1. The van der Waals surface area contributed by atoms with Gasteiger partial charge in [0, 0.05) is 29.6 Å². The zero-order chi connectivity index (χ0) is 25.5. The molecule has 0 spiro atoms. The van der Waals surface area contributed by atoms with E-state index in [1.165, 1.54) is 24.3 Å². The van der Waals surface area contributed by atoms with Crippen LogP contribution in [0.5, 0.6) is 0 Å². The first-order chi connectivity index (χ1) is 16.4. The number of halogens is 5. The van der Waals surface area contributed by atoms with Gasteiger partial charge in [-0.1, -0.05) is 23.2 Å². The summed E-state index contributed by atoms with van der Waals surface area (Å²) in [6, 6.07) is 7.07. The van der Waals surface area contributed by atoms with Gasteiger partial charge < -0.3 is 10.0 Å². The number of aliphatic hydroxyl groups excluding tert-OH is 1. The van der Waals surface area contributed by atoms with Crippen LogP contribution >= 0.6 is 23.2 Å². The van der Waals surface area contributed by atoms with Gasteiger partial charge in [-0.2, -0.15) is 13.2 Å². The third-order valence-electron chi connectivity index (χ3n) is 6.71. The van der Waals surface area contributed by atoms with Gasteiger partial charge in [0.1, 0.15) is 6.54 Å². The van der Waals surface area contributed by atoms with Crippen LogP contribution in [0.3, 0.4) is 0 Å². The van der Waals surface area contributed by atoms with E-state index in [-0.39, 0.29) is 39.5 Å². The van der Waals surface area contributed by atoms with Gasteiger partial charge in [0.05, 0.1) is 21.2 Å². The van der Waals surface area contributed by atoms with Crippen molar-refractivity contribution in [2.75, 3.05) is 17.5 Å². The number of rotatable bonds is 6. The lowest BCUT2D eigenvalue weighted by Gasteiger charge is -2.40. The molecule has 2 aromatic carbocycles. The van der Waals surface area contributed by atoms with Gasteiger partial charge in [-0.15, -0.1) is 0 Å². The van der Waals surface area contributed by atoms with Crippen LogP contribution in [0.15, 0.2) is 47.4 Å². The first-order valence-electron chi connectivity index (χ1n) is 11.0. The van der Waals surface area contributed by atoms with Crippen molar-refractivity contribution in [3.63, 3.8) is 0 Å². The zero-order valence-corrected chi connectivity index (χ0v) is 20.7. The summed E-state index contributed by atoms with van der Waals surface area (Å²) in [6.07, 6.45) is -1.93. The predicted molar refractivity (Wildman–Crippen MR) is 126 cm³/mol. The molecule has 2 aliphatic rings. The third-order valence-corrected chi connectivity index (χ3v) is 9.05. The molecule has 2 fully saturated rings. The number of aliphatic hydroxyl groups is 1. The first-order valence-corrected chi connectivity index (χ1v) is 13.2. The van der Waals surface area contributed by atoms with E-state index in [2.05, 4.69) is 0 Å². The summed E-state index contributed by atoms with van der Waals surface area (Å²) in [4.78, 5) is 14.8. The monoisotopic (exact) mass is 550 g/mol. The second-order valence-corrected chi connectivity index (χ2v) is 11.5. The van der Waals surface area contributed by atoms with Crippen molar-refractivity contribution in [3.05, 3.63) is 58.1 Å². The number of alkyl halides is 3. The number of sulfonamides is 1. The van der Waals surface area contributed by atoms with Crippen LogP contribution in [-0.4, -0.2) is 49.6 Å². The summed E-state index contributed by atoms with van der Waals surface area (Å²) >= 11 is 12.1. The topological polar surface area (TPSA) is 77.9 Å². The van der Waals surface area contributed by atoms with Crippen LogP contribution < -0.4 is 4.31 Å². The standard InChI is InChI=1S/C23H23Cl2F3N2O4S/c24-16-3-7-18(8-4-16)35(33,34)29(21-11-15(23(26,27)28)2-9-19(21)25)12-22(32)30-17-5-1-14(13-31)20(30)10-6-17/h2-4,7-9,11,14,17,20,31H,1,5-6,10,12-13H2. The molecule has 2 heterocycles. The smallest absolute Gasteiger partial charge is 0.396 e. The fourth-order valence-corrected chi connectivity index (χ4v) is 6.80. The molecule has 35 heavy (non-hydrogen) atoms. The highest BCUT2D eigenvalue weighted by atomic mass is 35.5. The largest absolute Gasteiger partial charge is 0.416 e. The minimum absolute atomic E-state index is 0.104. The molecule has 2 bridgehead atoms. The van der Waals surface area contributed by atoms with Crippen molar-refractivity contribution in [2.24, 2.45) is 5.92 Å². The van der Waals surface area contributed by atoms with E-state index < -0.39 is 39.9 Å². The predicted octanol–water partition coefficient (Wildman–Crippen LogP) is 4.97. The van der Waals surface area contributed by atoms with Gasteiger partial charge in [-0.3, -0.25) is 9.10 Å². The molecule has 4 rings (SSSR count). The van der Waals surface area contributed by atoms with Crippen LogP contribution in [0.2, 0.25) is 10.0 Å². The van der Waals surface area contributed by atoms with Crippen LogP contribution in [0.25, 0.3) is 0 Å². The Morgan fingerprint density at radius 1 is 1.06 bits per heavy atom. The molecular weight excluding hydrogens is 528 g/mol. The molecule has 2 aromatic rings. The van der Waals surface area contributed by atoms with E-state index in [9.17, 15) is 31.5 Å². The molecule has 0 aromatic heterocycles. The second-order valence-electron chi connectivity index (χ2n) is 8.75. The zero-order valence-electron chi connectivity index (χ0n) is 18.4. The van der Waals surface area contributed by atoms with Gasteiger partial charge in [0.25, 0.3) is 10.0 Å². The highest BCUT2D eigenvalue weighted by Gasteiger charge is 2.45. The van der Waals surface area contributed by atoms with Crippen molar-refractivity contribution < 1.29 is 31.5 Å². The molecule has 2 saturated heterocycles. The van der Waals surface area contributed by atoms with E-state index in [0.717, 1.165) is 25.0 Å². The quantitative estimate of drug-likeness (QED) is 0.550. The summed E-state index contributed by atoms with van der Waals surface area (Å²) in [6.45, 7) is -0.843. The van der Waals surface area contributed by atoms with E-state index >= 15 is 0 Å². The number of benzene rings is 2. The Labute approximate surface area is 211 Å². The number of hydrogen-bond donors (Lipinski definition) is 1. The van der Waals surface area contributed by atoms with E-state index in [1.54, 1.807) is 4.90 Å². The summed E-state index contributed by atoms with van der Waals surface area (Å²) in [5.41, 5.74) is -1.55. The fourth-order valence-electron chi connectivity index (χ4n) is 4.98. The maximum absolute atomic E-state index is 13.6. The molecule has 1 N–H and O–H groups in total. The van der Waals surface area contributed by atoms with Crippen molar-refractivity contribution in [2.45, 2.75) is 48.8 Å². The summed E-state index contributed by atoms with van der Waals surface area (Å²) in [5.74, 6) is -0.683. The average Bonchev–Trinajstić information content (AvgIpc) is 3.11. The molecule has 0 saturated carbocycles. The van der Waals surface area contributed by atoms with E-state index in [1.807, 2.05) is 0 Å². The van der Waals surface area contributed by atoms with Gasteiger partial charge in [0.2, 0.25) is 5.91 Å². The minimum atomic E-state index is -4.75. The molecule has 3 atom stereocenters. The van der Waals surface area contributed by atoms with E-state index in [4.69, 9.17) is 23.2 Å². The molecule has 12 heteroatoms. The maximum atomic E-state index is 13.6. The Bertz CT molecular complexity index is 1210. The number of piperidine rings is 1. The molecular formula is C23H23Cl2F3N2O4S. The van der Waals surface area contributed by atoms with Crippen LogP contribution in [0.4, 0.5) is 18.9 Å². The molecule has 6 nitrogen and oxygen atoms in total. The third kappa shape index (κ3) is 5.12. The van der Waals surface area contributed by atoms with Crippen LogP contribution in [0, 0.1) is 5.92 Å². The number of fused-ring (bicyclic) bond motifs is 2. The maximum Gasteiger partial charge on any atom is 0.416 e. The molecule has 0 radical (unpaired) electrons. The lowest BCUT2D eigenvalue weighted by Crippen LogP contribution is -2.52. The highest BCUT2D eigenvalue weighted by molar-refractivity contribution is 7.92. The van der Waals surface area contributed by atoms with Gasteiger partial charge in [-0.25, -0.2) is 8.42 Å². The van der Waals surface area contributed by atoms with Crippen molar-refractivity contribution >= 4 is 44.8 Å². The lowest BCUT2D eigenvalue weighted by molar-refractivity contribution is -0.137. The molecule has 1 amide bonds. The summed E-state index contributed by atoms with van der Waals surface area (Å²) < 4.78 is 68.2. The Morgan fingerprint density at radius 3 is 2.34 bits per heavy atom. The molecule has 190 valence electrons. The van der Waals surface area contributed by atoms with Gasteiger partial charge in [-0.05, 0) is 68.1 Å². The van der Waals surface area contributed by atoms with E-state index in [0.29, 0.717) is 23.2 Å². The van der Waals surface area contributed by atoms with Crippen LogP contribution in [0.1, 0.15) is 31.2 Å². The number of hydrogen-bond acceptors (Lipinski definition) is 4. The Kier molecular flexibility index (Phi) is 7.30. The SMILES string of the molecule is O=C(CN(c1cc(C(F)(F)F)ccc1Cl)S(=O)(=O)c1ccc(Cl)cc1)N1C2CCC(CO)C1CC2. The number of nitrogens with zero attached hydrogens (tertiary/aromatic N) is 2. The van der Waals surface area contributed by atoms with Gasteiger partial charge >= 0.3 is 6.18 Å². The second kappa shape index (κ2) is 9.80. The lowest BCUT2D eigenvalue weighted by atomic mass is 9.91.